The van der Waals surface area contributed by atoms with Crippen LogP contribution < -0.4 is 10.1 Å². The highest BCUT2D eigenvalue weighted by atomic mass is 16.5. The van der Waals surface area contributed by atoms with Crippen LogP contribution in [0.25, 0.3) is 0 Å². The molecule has 1 saturated heterocycles. The first kappa shape index (κ1) is 21.1. The van der Waals surface area contributed by atoms with Crippen molar-refractivity contribution in [3.8, 4) is 5.75 Å². The lowest BCUT2D eigenvalue weighted by atomic mass is 10.2. The lowest BCUT2D eigenvalue weighted by Crippen LogP contribution is -2.43. The number of aromatic nitrogens is 3. The number of hydrogen-bond acceptors (Lipinski definition) is 5. The summed E-state index contributed by atoms with van der Waals surface area (Å²) in [6, 6.07) is 8.10. The van der Waals surface area contributed by atoms with E-state index in [1.54, 1.807) is 0 Å². The van der Waals surface area contributed by atoms with Crippen molar-refractivity contribution in [3.05, 3.63) is 41.5 Å². The zero-order chi connectivity index (χ0) is 20.6. The van der Waals surface area contributed by atoms with Crippen LogP contribution in [0.2, 0.25) is 0 Å². The van der Waals surface area contributed by atoms with Crippen molar-refractivity contribution in [1.29, 1.82) is 0 Å². The molecule has 0 radical (unpaired) electrons. The van der Waals surface area contributed by atoms with E-state index in [1.807, 2.05) is 37.7 Å². The van der Waals surface area contributed by atoms with Crippen LogP contribution >= 0.6 is 0 Å². The standard InChI is InChI=1S/C21H32N6O2/c1-16-7-9-18(10-8-16)29-13-11-26(3)21(22-14-19-6-5-12-28-19)23-15-20-25-24-17(2)27(20)4/h7-10,19H,5-6,11-15H2,1-4H3,(H,22,23). The van der Waals surface area contributed by atoms with E-state index in [9.17, 15) is 0 Å². The van der Waals surface area contributed by atoms with Gasteiger partial charge in [-0.2, -0.15) is 0 Å². The van der Waals surface area contributed by atoms with Gasteiger partial charge in [0.05, 0.1) is 12.6 Å². The fraction of sp³-hybridized carbons (Fsp3) is 0.571. The van der Waals surface area contributed by atoms with E-state index in [2.05, 4.69) is 39.5 Å². The van der Waals surface area contributed by atoms with Crippen LogP contribution in [0.5, 0.6) is 5.75 Å². The molecular formula is C21H32N6O2. The van der Waals surface area contributed by atoms with Crippen LogP contribution in [-0.4, -0.2) is 65.1 Å². The first-order valence-electron chi connectivity index (χ1n) is 10.2. The molecule has 0 aliphatic carbocycles. The van der Waals surface area contributed by atoms with Gasteiger partial charge in [-0.1, -0.05) is 17.7 Å². The number of aryl methyl sites for hydroxylation is 2. The van der Waals surface area contributed by atoms with Crippen molar-refractivity contribution in [3.63, 3.8) is 0 Å². The number of aliphatic imine (C=N–C) groups is 1. The lowest BCUT2D eigenvalue weighted by molar-refractivity contribution is 0.113. The molecule has 1 atom stereocenters. The molecule has 0 saturated carbocycles. The van der Waals surface area contributed by atoms with Gasteiger partial charge in [0.2, 0.25) is 0 Å². The van der Waals surface area contributed by atoms with Gasteiger partial charge in [0.15, 0.2) is 11.8 Å². The third-order valence-electron chi connectivity index (χ3n) is 5.14. The van der Waals surface area contributed by atoms with Gasteiger partial charge in [-0.3, -0.25) is 0 Å². The molecular weight excluding hydrogens is 368 g/mol. The Bertz CT molecular complexity index is 796. The molecule has 8 heteroatoms. The monoisotopic (exact) mass is 400 g/mol. The Morgan fingerprint density at radius 2 is 2.10 bits per heavy atom. The molecule has 1 unspecified atom stereocenters. The third kappa shape index (κ3) is 6.19. The summed E-state index contributed by atoms with van der Waals surface area (Å²) in [7, 11) is 3.97. The van der Waals surface area contributed by atoms with Crippen molar-refractivity contribution in [1.82, 2.24) is 25.0 Å². The van der Waals surface area contributed by atoms with Crippen LogP contribution in [-0.2, 0) is 18.3 Å². The predicted octanol–water partition coefficient (Wildman–Crippen LogP) is 2.07. The summed E-state index contributed by atoms with van der Waals surface area (Å²) in [5.74, 6) is 3.41. The number of likely N-dealkylation sites (N-methyl/N-ethyl adjacent to an activating group) is 1. The molecule has 29 heavy (non-hydrogen) atoms. The topological polar surface area (TPSA) is 76.8 Å². The summed E-state index contributed by atoms with van der Waals surface area (Å²) < 4.78 is 13.6. The zero-order valence-electron chi connectivity index (χ0n) is 17.9. The predicted molar refractivity (Wildman–Crippen MR) is 113 cm³/mol. The molecule has 1 aromatic heterocycles. The van der Waals surface area contributed by atoms with E-state index in [0.29, 0.717) is 19.7 Å². The molecule has 2 heterocycles. The van der Waals surface area contributed by atoms with Crippen molar-refractivity contribution >= 4 is 5.96 Å². The van der Waals surface area contributed by atoms with Gasteiger partial charge in [-0.15, -0.1) is 10.2 Å². The second-order valence-corrected chi connectivity index (χ2v) is 7.46. The molecule has 1 aliphatic heterocycles. The lowest BCUT2D eigenvalue weighted by Gasteiger charge is -2.24. The Morgan fingerprint density at radius 3 is 2.76 bits per heavy atom. The van der Waals surface area contributed by atoms with Crippen LogP contribution in [0.4, 0.5) is 0 Å². The van der Waals surface area contributed by atoms with Crippen molar-refractivity contribution in [2.75, 3.05) is 33.4 Å². The minimum absolute atomic E-state index is 0.245. The molecule has 3 rings (SSSR count). The summed E-state index contributed by atoms with van der Waals surface area (Å²) in [6.45, 7) is 7.35. The van der Waals surface area contributed by atoms with E-state index in [4.69, 9.17) is 14.5 Å². The van der Waals surface area contributed by atoms with Crippen LogP contribution in [0, 0.1) is 13.8 Å². The van der Waals surface area contributed by atoms with E-state index >= 15 is 0 Å². The average molecular weight is 401 g/mol. The number of nitrogens with one attached hydrogen (secondary N) is 1. The summed E-state index contributed by atoms with van der Waals surface area (Å²) in [5, 5.41) is 11.8. The molecule has 0 spiro atoms. The molecule has 0 amide bonds. The van der Waals surface area contributed by atoms with E-state index in [0.717, 1.165) is 49.4 Å². The van der Waals surface area contributed by atoms with E-state index in [1.165, 1.54) is 5.56 Å². The maximum atomic E-state index is 5.87. The van der Waals surface area contributed by atoms with Gasteiger partial charge < -0.3 is 24.3 Å². The minimum Gasteiger partial charge on any atom is -0.492 e. The van der Waals surface area contributed by atoms with Crippen LogP contribution in [0.3, 0.4) is 0 Å². The van der Waals surface area contributed by atoms with Gasteiger partial charge in [0, 0.05) is 27.2 Å². The highest BCUT2D eigenvalue weighted by molar-refractivity contribution is 5.79. The Balaban J connectivity index is 1.58. The average Bonchev–Trinajstić information content (AvgIpc) is 3.34. The molecule has 1 aliphatic rings. The van der Waals surface area contributed by atoms with Crippen molar-refractivity contribution in [2.24, 2.45) is 12.0 Å². The fourth-order valence-electron chi connectivity index (χ4n) is 3.10. The van der Waals surface area contributed by atoms with E-state index in [-0.39, 0.29) is 6.10 Å². The first-order valence-corrected chi connectivity index (χ1v) is 10.2. The van der Waals surface area contributed by atoms with Gasteiger partial charge in [-0.25, -0.2) is 4.99 Å². The Kier molecular flexibility index (Phi) is 7.46. The second-order valence-electron chi connectivity index (χ2n) is 7.46. The van der Waals surface area contributed by atoms with Gasteiger partial charge in [0.1, 0.15) is 24.7 Å². The van der Waals surface area contributed by atoms with Gasteiger partial charge >= 0.3 is 0 Å². The van der Waals surface area contributed by atoms with Crippen LogP contribution in [0.1, 0.15) is 30.1 Å². The Hall–Kier alpha value is -2.61. The smallest absolute Gasteiger partial charge is 0.194 e. The quantitative estimate of drug-likeness (QED) is 0.540. The zero-order valence-corrected chi connectivity index (χ0v) is 17.9. The summed E-state index contributed by atoms with van der Waals surface area (Å²) in [6.07, 6.45) is 2.45. The highest BCUT2D eigenvalue weighted by Gasteiger charge is 2.17. The summed E-state index contributed by atoms with van der Waals surface area (Å²) >= 11 is 0. The van der Waals surface area contributed by atoms with Gasteiger partial charge in [0.25, 0.3) is 0 Å². The molecule has 1 N–H and O–H groups in total. The largest absolute Gasteiger partial charge is 0.492 e. The number of benzene rings is 1. The van der Waals surface area contributed by atoms with E-state index < -0.39 is 0 Å². The number of ether oxygens (including phenoxy) is 2. The van der Waals surface area contributed by atoms with Crippen LogP contribution in [0.15, 0.2) is 29.3 Å². The second kappa shape index (κ2) is 10.2. The first-order chi connectivity index (χ1) is 14.0. The summed E-state index contributed by atoms with van der Waals surface area (Å²) in [4.78, 5) is 6.84. The van der Waals surface area contributed by atoms with Crippen molar-refractivity contribution in [2.45, 2.75) is 39.3 Å². The highest BCUT2D eigenvalue weighted by Crippen LogP contribution is 2.12. The minimum atomic E-state index is 0.245. The number of nitrogens with zero attached hydrogens (tertiary/aromatic N) is 5. The molecule has 2 aromatic rings. The Labute approximate surface area is 172 Å². The molecule has 158 valence electrons. The normalized spacial score (nSPS) is 16.8. The fourth-order valence-corrected chi connectivity index (χ4v) is 3.10. The maximum Gasteiger partial charge on any atom is 0.194 e. The molecule has 1 aromatic carbocycles. The molecule has 1 fully saturated rings. The van der Waals surface area contributed by atoms with Gasteiger partial charge in [-0.05, 0) is 38.8 Å². The maximum absolute atomic E-state index is 5.87. The number of rotatable bonds is 8. The number of hydrogen-bond donors (Lipinski definition) is 1. The third-order valence-corrected chi connectivity index (χ3v) is 5.14. The molecule has 0 bridgehead atoms. The Morgan fingerprint density at radius 1 is 1.31 bits per heavy atom. The summed E-state index contributed by atoms with van der Waals surface area (Å²) in [5.41, 5.74) is 1.22. The molecule has 8 nitrogen and oxygen atoms in total. The number of guanidine groups is 1. The SMILES string of the molecule is Cc1ccc(OCCN(C)C(=NCc2nnc(C)n2C)NCC2CCCO2)cc1. The van der Waals surface area contributed by atoms with Crippen molar-refractivity contribution < 1.29 is 9.47 Å².